The number of nitrogens with zero attached hydrogens (tertiary/aromatic N) is 3. The molecular weight excluding hydrogens is 308 g/mol. The van der Waals surface area contributed by atoms with E-state index < -0.39 is 17.8 Å². The molecule has 3 rings (SSSR count). The minimum Gasteiger partial charge on any atom is -0.379 e. The minimum atomic E-state index is -1.41. The normalized spacial score (nSPS) is 32.0. The monoisotopic (exact) mass is 326 g/mol. The largest absolute Gasteiger partial charge is 0.379 e. The molecule has 0 aromatic rings. The van der Waals surface area contributed by atoms with Gasteiger partial charge in [-0.1, -0.05) is 0 Å². The van der Waals surface area contributed by atoms with Gasteiger partial charge in [0.15, 0.2) is 0 Å². The topological polar surface area (TPSA) is 88.8 Å². The summed E-state index contributed by atoms with van der Waals surface area (Å²) >= 11 is 5.58. The first-order chi connectivity index (χ1) is 10.6. The van der Waals surface area contributed by atoms with Crippen LogP contribution in [0.2, 0.25) is 0 Å². The summed E-state index contributed by atoms with van der Waals surface area (Å²) in [7, 11) is 0. The minimum absolute atomic E-state index is 0.205. The van der Waals surface area contributed by atoms with Crippen LogP contribution in [0.5, 0.6) is 0 Å². The van der Waals surface area contributed by atoms with Crippen molar-refractivity contribution in [2.24, 2.45) is 0 Å². The summed E-state index contributed by atoms with van der Waals surface area (Å²) in [4.78, 5) is 15.5. The fourth-order valence-electron chi connectivity index (χ4n) is 3.58. The van der Waals surface area contributed by atoms with Crippen molar-refractivity contribution in [3.8, 4) is 6.07 Å². The summed E-state index contributed by atoms with van der Waals surface area (Å²) in [6, 6.07) is 1.39. The second-order valence-electron chi connectivity index (χ2n) is 5.65. The van der Waals surface area contributed by atoms with Crippen LogP contribution in [0, 0.1) is 11.3 Å². The van der Waals surface area contributed by atoms with E-state index >= 15 is 0 Å². The van der Waals surface area contributed by atoms with Crippen LogP contribution in [-0.4, -0.2) is 71.4 Å². The quantitative estimate of drug-likeness (QED) is 0.685. The molecule has 22 heavy (non-hydrogen) atoms. The highest BCUT2D eigenvalue weighted by molar-refractivity contribution is 6.27. The van der Waals surface area contributed by atoms with Crippen LogP contribution < -0.4 is 5.32 Å². The van der Waals surface area contributed by atoms with Crippen LogP contribution in [-0.2, 0) is 9.53 Å². The number of hydrogen-bond acceptors (Lipinski definition) is 6. The Morgan fingerprint density at radius 3 is 2.86 bits per heavy atom. The highest BCUT2D eigenvalue weighted by Gasteiger charge is 2.57. The van der Waals surface area contributed by atoms with Crippen LogP contribution in [0.1, 0.15) is 12.8 Å². The van der Waals surface area contributed by atoms with Crippen molar-refractivity contribution in [2.45, 2.75) is 24.7 Å². The number of carbonyl (C=O) groups is 1. The predicted molar refractivity (Wildman–Crippen MR) is 78.6 cm³/mol. The first-order valence-corrected chi connectivity index (χ1v) is 7.97. The molecule has 0 radical (unpaired) electrons. The van der Waals surface area contributed by atoms with Gasteiger partial charge < -0.3 is 20.1 Å². The molecule has 0 saturated carbocycles. The Hall–Kier alpha value is -1.33. The van der Waals surface area contributed by atoms with Crippen LogP contribution in [0.4, 0.5) is 0 Å². The van der Waals surface area contributed by atoms with Gasteiger partial charge in [-0.25, -0.2) is 0 Å². The first kappa shape index (κ1) is 15.6. The molecule has 1 amide bonds. The van der Waals surface area contributed by atoms with Gasteiger partial charge in [-0.05, 0) is 12.8 Å². The van der Waals surface area contributed by atoms with Crippen molar-refractivity contribution in [1.82, 2.24) is 15.1 Å². The van der Waals surface area contributed by atoms with E-state index in [-0.39, 0.29) is 5.88 Å². The molecule has 120 valence electrons. The van der Waals surface area contributed by atoms with Crippen LogP contribution in [0.3, 0.4) is 0 Å². The summed E-state index contributed by atoms with van der Waals surface area (Å²) in [5.74, 6) is -2.01. The third-order valence-corrected chi connectivity index (χ3v) is 4.77. The maximum atomic E-state index is 11.8. The molecule has 3 heterocycles. The zero-order valence-corrected chi connectivity index (χ0v) is 13.0. The Morgan fingerprint density at radius 1 is 1.50 bits per heavy atom. The van der Waals surface area contributed by atoms with Gasteiger partial charge >= 0.3 is 0 Å². The second-order valence-corrected chi connectivity index (χ2v) is 5.92. The van der Waals surface area contributed by atoms with Gasteiger partial charge in [-0.15, -0.1) is 11.6 Å². The lowest BCUT2D eigenvalue weighted by Gasteiger charge is -2.47. The summed E-state index contributed by atoms with van der Waals surface area (Å²) in [5.41, 5.74) is 1.27. The van der Waals surface area contributed by atoms with Crippen molar-refractivity contribution in [1.29, 1.82) is 5.26 Å². The molecule has 2 saturated heterocycles. The third-order valence-electron chi connectivity index (χ3n) is 4.53. The van der Waals surface area contributed by atoms with Crippen molar-refractivity contribution in [3.63, 3.8) is 0 Å². The number of carbonyl (C=O) groups excluding carboxylic acids is 1. The van der Waals surface area contributed by atoms with E-state index in [1.807, 2.05) is 9.80 Å². The van der Waals surface area contributed by atoms with Gasteiger partial charge in [0.1, 0.15) is 11.9 Å². The molecule has 0 spiro atoms. The number of aliphatic hydroxyl groups is 1. The highest BCUT2D eigenvalue weighted by Crippen LogP contribution is 2.43. The Kier molecular flexibility index (Phi) is 4.28. The number of morpholine rings is 1. The third kappa shape index (κ3) is 2.27. The highest BCUT2D eigenvalue weighted by atomic mass is 35.5. The summed E-state index contributed by atoms with van der Waals surface area (Å²) in [6.07, 6.45) is 1.63. The van der Waals surface area contributed by atoms with E-state index in [1.165, 1.54) is 0 Å². The van der Waals surface area contributed by atoms with Gasteiger partial charge in [0, 0.05) is 25.3 Å². The number of nitrogens with one attached hydrogen (secondary N) is 1. The lowest BCUT2D eigenvalue weighted by molar-refractivity contribution is -0.219. The van der Waals surface area contributed by atoms with Crippen LogP contribution in [0.15, 0.2) is 11.3 Å². The number of hydrogen-bond donors (Lipinski definition) is 2. The van der Waals surface area contributed by atoms with E-state index in [2.05, 4.69) is 11.4 Å². The molecule has 2 fully saturated rings. The molecule has 2 N–H and O–H groups in total. The van der Waals surface area contributed by atoms with E-state index in [4.69, 9.17) is 16.3 Å². The van der Waals surface area contributed by atoms with Gasteiger partial charge in [-0.3, -0.25) is 9.69 Å². The average Bonchev–Trinajstić information content (AvgIpc) is 3.11. The Labute approximate surface area is 134 Å². The van der Waals surface area contributed by atoms with Crippen molar-refractivity contribution < 1.29 is 14.6 Å². The number of nitriles is 1. The van der Waals surface area contributed by atoms with E-state index in [0.717, 1.165) is 18.5 Å². The number of rotatable bonds is 3. The van der Waals surface area contributed by atoms with Crippen LogP contribution >= 0.6 is 11.6 Å². The standard InChI is InChI=1S/C14H19ClN4O3/c15-8-12(20)17-13-10(9-16)11-2-1-3-19(11)14(13,21)18-4-6-22-7-5-18/h13,21H,1-8H2,(H,17,20). The molecule has 0 bridgehead atoms. The smallest absolute Gasteiger partial charge is 0.235 e. The first-order valence-electron chi connectivity index (χ1n) is 7.44. The van der Waals surface area contributed by atoms with Gasteiger partial charge in [0.25, 0.3) is 0 Å². The van der Waals surface area contributed by atoms with Gasteiger partial charge in [-0.2, -0.15) is 5.26 Å². The van der Waals surface area contributed by atoms with Crippen molar-refractivity contribution in [3.05, 3.63) is 11.3 Å². The molecule has 3 aliphatic rings. The Morgan fingerprint density at radius 2 is 2.23 bits per heavy atom. The zero-order chi connectivity index (χ0) is 15.7. The maximum absolute atomic E-state index is 11.8. The summed E-state index contributed by atoms with van der Waals surface area (Å²) < 4.78 is 5.35. The molecular formula is C14H19ClN4O3. The number of halogens is 1. The van der Waals surface area contributed by atoms with E-state index in [9.17, 15) is 15.2 Å². The fraction of sp³-hybridized carbons (Fsp3) is 0.714. The SMILES string of the molecule is N#CC1=C2CCCN2C(O)(N2CCOCC2)C1NC(=O)CCl. The lowest BCUT2D eigenvalue weighted by atomic mass is 10.0. The molecule has 2 atom stereocenters. The second kappa shape index (κ2) is 6.05. The van der Waals surface area contributed by atoms with Gasteiger partial charge in [0.05, 0.1) is 24.9 Å². The number of fused-ring (bicyclic) bond motifs is 1. The Balaban J connectivity index is 1.98. The number of ether oxygens (including phenoxy) is 1. The molecule has 2 unspecified atom stereocenters. The lowest BCUT2D eigenvalue weighted by Crippen LogP contribution is -2.69. The molecule has 3 aliphatic heterocycles. The molecule has 0 aromatic heterocycles. The maximum Gasteiger partial charge on any atom is 0.235 e. The van der Waals surface area contributed by atoms with Crippen LogP contribution in [0.25, 0.3) is 0 Å². The van der Waals surface area contributed by atoms with Crippen molar-refractivity contribution >= 4 is 17.5 Å². The predicted octanol–water partition coefficient (Wildman–Crippen LogP) is -0.425. The number of amides is 1. The zero-order valence-electron chi connectivity index (χ0n) is 12.2. The number of alkyl halides is 1. The van der Waals surface area contributed by atoms with Crippen molar-refractivity contribution in [2.75, 3.05) is 38.7 Å². The summed E-state index contributed by atoms with van der Waals surface area (Å²) in [5, 5.41) is 23.7. The molecule has 0 aliphatic carbocycles. The fourth-order valence-corrected chi connectivity index (χ4v) is 3.65. The Bertz CT molecular complexity index is 541. The molecule has 7 nitrogen and oxygen atoms in total. The molecule has 8 heteroatoms. The molecule has 0 aromatic carbocycles. The van der Waals surface area contributed by atoms with E-state index in [1.54, 1.807) is 0 Å². The summed E-state index contributed by atoms with van der Waals surface area (Å²) in [6.45, 7) is 2.80. The van der Waals surface area contributed by atoms with E-state index in [0.29, 0.717) is 38.4 Å². The number of allylic oxidation sites excluding steroid dienone is 1. The van der Waals surface area contributed by atoms with Gasteiger partial charge in [0.2, 0.25) is 11.8 Å². The average molecular weight is 327 g/mol.